The molecule has 1 fully saturated rings. The molecule has 2 rings (SSSR count). The van der Waals surface area contributed by atoms with Crippen molar-refractivity contribution in [3.8, 4) is 0 Å². The van der Waals surface area contributed by atoms with E-state index < -0.39 is 21.0 Å². The fourth-order valence-corrected chi connectivity index (χ4v) is 4.10. The number of amides is 1. The first-order chi connectivity index (χ1) is 10.2. The van der Waals surface area contributed by atoms with E-state index in [0.717, 1.165) is 12.1 Å². The first-order valence-electron chi connectivity index (χ1n) is 6.72. The van der Waals surface area contributed by atoms with Crippen molar-refractivity contribution >= 4 is 21.6 Å². The molecule has 1 atom stereocenters. The number of hydrogen-bond donors (Lipinski definition) is 0. The van der Waals surface area contributed by atoms with E-state index in [1.165, 1.54) is 21.3 Å². The predicted octanol–water partition coefficient (Wildman–Crippen LogP) is 0.836. The summed E-state index contributed by atoms with van der Waals surface area (Å²) >= 11 is 0. The van der Waals surface area contributed by atoms with E-state index in [1.54, 1.807) is 14.1 Å². The van der Waals surface area contributed by atoms with E-state index in [9.17, 15) is 23.3 Å². The van der Waals surface area contributed by atoms with Crippen LogP contribution < -0.4 is 0 Å². The van der Waals surface area contributed by atoms with Crippen LogP contribution in [0.15, 0.2) is 29.2 Å². The van der Waals surface area contributed by atoms with Gasteiger partial charge < -0.3 is 4.90 Å². The summed E-state index contributed by atoms with van der Waals surface area (Å²) in [5.41, 5.74) is -0.179. The van der Waals surface area contributed by atoms with Crippen LogP contribution in [0.1, 0.15) is 12.8 Å². The molecule has 8 nitrogen and oxygen atoms in total. The Morgan fingerprint density at radius 3 is 2.41 bits per heavy atom. The number of hydrogen-bond acceptors (Lipinski definition) is 5. The molecule has 9 heteroatoms. The maximum Gasteiger partial charge on any atom is 0.269 e. The number of sulfonamides is 1. The zero-order valence-corrected chi connectivity index (χ0v) is 13.1. The third-order valence-corrected chi connectivity index (χ3v) is 5.51. The molecule has 0 N–H and O–H groups in total. The zero-order valence-electron chi connectivity index (χ0n) is 12.3. The van der Waals surface area contributed by atoms with Crippen LogP contribution in [0.2, 0.25) is 0 Å². The van der Waals surface area contributed by atoms with E-state index in [2.05, 4.69) is 0 Å². The van der Waals surface area contributed by atoms with Crippen LogP contribution in [0.25, 0.3) is 0 Å². The molecular weight excluding hydrogens is 310 g/mol. The van der Waals surface area contributed by atoms with E-state index in [4.69, 9.17) is 0 Å². The maximum absolute atomic E-state index is 12.6. The van der Waals surface area contributed by atoms with Crippen LogP contribution in [-0.2, 0) is 14.8 Å². The number of nitro groups is 1. The second kappa shape index (κ2) is 6.01. The number of non-ortho nitro benzene ring substituents is 1. The van der Waals surface area contributed by atoms with Gasteiger partial charge >= 0.3 is 0 Å². The Morgan fingerprint density at radius 2 is 1.91 bits per heavy atom. The summed E-state index contributed by atoms with van der Waals surface area (Å²) in [4.78, 5) is 23.5. The smallest absolute Gasteiger partial charge is 0.269 e. The van der Waals surface area contributed by atoms with E-state index in [0.29, 0.717) is 12.8 Å². The van der Waals surface area contributed by atoms with Gasteiger partial charge in [0.1, 0.15) is 6.04 Å². The molecule has 1 saturated heterocycles. The van der Waals surface area contributed by atoms with Crippen LogP contribution in [0, 0.1) is 10.1 Å². The molecule has 1 unspecified atom stereocenters. The Bertz CT molecular complexity index is 684. The highest BCUT2D eigenvalue weighted by molar-refractivity contribution is 7.89. The number of nitro benzene ring substituents is 1. The van der Waals surface area contributed by atoms with Crippen molar-refractivity contribution in [2.45, 2.75) is 23.8 Å². The molecule has 1 aromatic rings. The van der Waals surface area contributed by atoms with Gasteiger partial charge in [-0.05, 0) is 25.0 Å². The van der Waals surface area contributed by atoms with Gasteiger partial charge in [-0.25, -0.2) is 8.42 Å². The second-order valence-corrected chi connectivity index (χ2v) is 7.15. The molecule has 0 aromatic heterocycles. The monoisotopic (exact) mass is 327 g/mol. The first-order valence-corrected chi connectivity index (χ1v) is 8.16. The number of benzene rings is 1. The Hall–Kier alpha value is -2.00. The largest absolute Gasteiger partial charge is 0.347 e. The molecule has 0 bridgehead atoms. The van der Waals surface area contributed by atoms with Crippen molar-refractivity contribution in [2.24, 2.45) is 0 Å². The van der Waals surface area contributed by atoms with E-state index in [-0.39, 0.29) is 23.0 Å². The summed E-state index contributed by atoms with van der Waals surface area (Å²) in [6.45, 7) is 0.267. The number of carbonyl (C=O) groups excluding carboxylic acids is 1. The molecule has 1 amide bonds. The van der Waals surface area contributed by atoms with Crippen LogP contribution in [0.4, 0.5) is 5.69 Å². The van der Waals surface area contributed by atoms with Crippen LogP contribution in [0.5, 0.6) is 0 Å². The summed E-state index contributed by atoms with van der Waals surface area (Å²) in [5.74, 6) is -0.261. The van der Waals surface area contributed by atoms with Crippen molar-refractivity contribution in [3.63, 3.8) is 0 Å². The SMILES string of the molecule is CN(C)C(=O)C1CCCN1S(=O)(=O)c1ccc([N+](=O)[O-])cc1. The predicted molar refractivity (Wildman–Crippen MR) is 78.7 cm³/mol. The molecule has 1 aliphatic heterocycles. The Balaban J connectivity index is 2.33. The summed E-state index contributed by atoms with van der Waals surface area (Å²) in [5, 5.41) is 10.6. The average molecular weight is 327 g/mol. The third kappa shape index (κ3) is 2.95. The van der Waals surface area contributed by atoms with Crippen molar-refractivity contribution in [1.29, 1.82) is 0 Å². The van der Waals surface area contributed by atoms with Gasteiger partial charge in [-0.1, -0.05) is 0 Å². The summed E-state index contributed by atoms with van der Waals surface area (Å²) in [6.07, 6.45) is 1.08. The quantitative estimate of drug-likeness (QED) is 0.602. The van der Waals surface area contributed by atoms with Crippen molar-refractivity contribution in [2.75, 3.05) is 20.6 Å². The first kappa shape index (κ1) is 16.4. The van der Waals surface area contributed by atoms with Gasteiger partial charge in [-0.3, -0.25) is 14.9 Å². The van der Waals surface area contributed by atoms with Crippen LogP contribution in [-0.4, -0.2) is 55.1 Å². The average Bonchev–Trinajstić information content (AvgIpc) is 2.96. The highest BCUT2D eigenvalue weighted by Crippen LogP contribution is 2.27. The molecule has 0 radical (unpaired) electrons. The van der Waals surface area contributed by atoms with E-state index >= 15 is 0 Å². The number of likely N-dealkylation sites (N-methyl/N-ethyl adjacent to an activating group) is 1. The lowest BCUT2D eigenvalue weighted by Crippen LogP contribution is -2.45. The summed E-state index contributed by atoms with van der Waals surface area (Å²) in [6, 6.07) is 3.97. The highest BCUT2D eigenvalue weighted by atomic mass is 32.2. The molecule has 1 aliphatic rings. The van der Waals surface area contributed by atoms with E-state index in [1.807, 2.05) is 0 Å². The third-order valence-electron chi connectivity index (χ3n) is 3.58. The van der Waals surface area contributed by atoms with Crippen molar-refractivity contribution in [1.82, 2.24) is 9.21 Å². The Morgan fingerprint density at radius 1 is 1.32 bits per heavy atom. The Labute approximate surface area is 128 Å². The lowest BCUT2D eigenvalue weighted by molar-refractivity contribution is -0.384. The number of nitrogens with zero attached hydrogens (tertiary/aromatic N) is 3. The minimum atomic E-state index is -3.85. The van der Waals surface area contributed by atoms with Crippen LogP contribution >= 0.6 is 0 Å². The molecule has 0 spiro atoms. The summed E-state index contributed by atoms with van der Waals surface area (Å²) in [7, 11) is -0.684. The minimum Gasteiger partial charge on any atom is -0.347 e. The van der Waals surface area contributed by atoms with Gasteiger partial charge in [0, 0.05) is 32.8 Å². The summed E-state index contributed by atoms with van der Waals surface area (Å²) < 4.78 is 26.5. The molecular formula is C13H17N3O5S. The maximum atomic E-state index is 12.6. The molecule has 120 valence electrons. The zero-order chi connectivity index (χ0) is 16.5. The van der Waals surface area contributed by atoms with Gasteiger partial charge in [-0.2, -0.15) is 4.31 Å². The van der Waals surface area contributed by atoms with Crippen LogP contribution in [0.3, 0.4) is 0 Å². The van der Waals surface area contributed by atoms with Gasteiger partial charge in [0.15, 0.2) is 0 Å². The van der Waals surface area contributed by atoms with Gasteiger partial charge in [0.25, 0.3) is 5.69 Å². The molecule has 0 aliphatic carbocycles. The molecule has 1 aromatic carbocycles. The van der Waals surface area contributed by atoms with Crippen molar-refractivity contribution in [3.05, 3.63) is 34.4 Å². The normalized spacial score (nSPS) is 19.1. The lowest BCUT2D eigenvalue weighted by Gasteiger charge is -2.25. The van der Waals surface area contributed by atoms with Gasteiger partial charge in [-0.15, -0.1) is 0 Å². The molecule has 1 heterocycles. The fraction of sp³-hybridized carbons (Fsp3) is 0.462. The lowest BCUT2D eigenvalue weighted by atomic mass is 10.2. The van der Waals surface area contributed by atoms with Gasteiger partial charge in [0.05, 0.1) is 9.82 Å². The number of carbonyl (C=O) groups is 1. The highest BCUT2D eigenvalue weighted by Gasteiger charge is 2.40. The minimum absolute atomic E-state index is 0.0449. The molecule has 22 heavy (non-hydrogen) atoms. The fourth-order valence-electron chi connectivity index (χ4n) is 2.45. The van der Waals surface area contributed by atoms with Gasteiger partial charge in [0.2, 0.25) is 15.9 Å². The standard InChI is InChI=1S/C13H17N3O5S/c1-14(2)13(17)12-4-3-9-15(12)22(20,21)11-7-5-10(6-8-11)16(18)19/h5-8,12H,3-4,9H2,1-2H3. The van der Waals surface area contributed by atoms with Crippen molar-refractivity contribution < 1.29 is 18.1 Å². The topological polar surface area (TPSA) is 101 Å². The molecule has 0 saturated carbocycles. The Kier molecular flexibility index (Phi) is 4.47. The number of rotatable bonds is 4. The second-order valence-electron chi connectivity index (χ2n) is 5.26.